The largest absolute Gasteiger partial charge is 0.457 e. The smallest absolute Gasteiger partial charge is 0.131 e. The van der Waals surface area contributed by atoms with Crippen LogP contribution in [0.5, 0.6) is 11.5 Å². The van der Waals surface area contributed by atoms with Gasteiger partial charge in [0.2, 0.25) is 0 Å². The quantitative estimate of drug-likeness (QED) is 0.490. The van der Waals surface area contributed by atoms with Gasteiger partial charge in [-0.2, -0.15) is 0 Å². The maximum Gasteiger partial charge on any atom is 0.131 e. The second-order valence-corrected chi connectivity index (χ2v) is 7.23. The van der Waals surface area contributed by atoms with Crippen molar-refractivity contribution in [2.45, 2.75) is 37.9 Å². The van der Waals surface area contributed by atoms with E-state index in [1.807, 2.05) is 24.3 Å². The second-order valence-electron chi connectivity index (χ2n) is 5.75. The lowest BCUT2D eigenvalue weighted by Crippen LogP contribution is -2.14. The summed E-state index contributed by atoms with van der Waals surface area (Å²) >= 11 is 6.99. The highest BCUT2D eigenvalue weighted by molar-refractivity contribution is 9.10. The molecule has 0 heterocycles. The predicted molar refractivity (Wildman–Crippen MR) is 96.6 cm³/mol. The number of hydrogen-bond donors (Lipinski definition) is 0. The van der Waals surface area contributed by atoms with Crippen molar-refractivity contribution in [1.29, 1.82) is 0 Å². The Morgan fingerprint density at radius 2 is 1.71 bits per heavy atom. The fourth-order valence-electron chi connectivity index (χ4n) is 2.06. The lowest BCUT2D eigenvalue weighted by molar-refractivity contribution is 0.474. The number of rotatable bonds is 5. The van der Waals surface area contributed by atoms with Gasteiger partial charge in [0.1, 0.15) is 11.5 Å². The van der Waals surface area contributed by atoms with Crippen LogP contribution in [0.25, 0.3) is 0 Å². The molecule has 2 aromatic rings. The molecule has 0 unspecified atom stereocenters. The van der Waals surface area contributed by atoms with Gasteiger partial charge in [-0.05, 0) is 47.7 Å². The molecule has 0 radical (unpaired) electrons. The van der Waals surface area contributed by atoms with E-state index in [9.17, 15) is 0 Å². The number of hydrogen-bond acceptors (Lipinski definition) is 1. The molecule has 0 aliphatic rings. The van der Waals surface area contributed by atoms with Crippen LogP contribution in [0.3, 0.4) is 0 Å². The summed E-state index contributed by atoms with van der Waals surface area (Å²) in [5.74, 6) is 1.76. The van der Waals surface area contributed by atoms with Gasteiger partial charge in [0.05, 0.1) is 0 Å². The molecule has 1 nitrogen and oxygen atoms in total. The molecule has 0 aliphatic carbocycles. The first kappa shape index (κ1) is 16.6. The Morgan fingerprint density at radius 1 is 1.05 bits per heavy atom. The van der Waals surface area contributed by atoms with Crippen molar-refractivity contribution in [3.05, 3.63) is 58.1 Å². The highest BCUT2D eigenvalue weighted by Crippen LogP contribution is 2.32. The molecule has 3 heteroatoms. The van der Waals surface area contributed by atoms with Crippen molar-refractivity contribution in [1.82, 2.24) is 0 Å². The van der Waals surface area contributed by atoms with E-state index in [0.29, 0.717) is 0 Å². The number of benzene rings is 2. The first-order valence-electron chi connectivity index (χ1n) is 7.09. The molecule has 0 fully saturated rings. The summed E-state index contributed by atoms with van der Waals surface area (Å²) in [5.41, 5.74) is 2.67. The molecule has 0 bridgehead atoms. The normalized spacial score (nSPS) is 11.5. The van der Waals surface area contributed by atoms with E-state index in [0.717, 1.165) is 33.3 Å². The van der Waals surface area contributed by atoms with Gasteiger partial charge in [-0.1, -0.05) is 64.8 Å². The molecule has 0 aliphatic heterocycles. The van der Waals surface area contributed by atoms with Crippen LogP contribution in [0, 0.1) is 0 Å². The first-order chi connectivity index (χ1) is 9.96. The van der Waals surface area contributed by atoms with Crippen molar-refractivity contribution < 1.29 is 4.74 Å². The highest BCUT2D eigenvalue weighted by atomic mass is 79.9. The molecule has 0 saturated carbocycles. The summed E-state index contributed by atoms with van der Waals surface area (Å²) in [5, 5.41) is 0.767. The van der Waals surface area contributed by atoms with Gasteiger partial charge in [0.25, 0.3) is 0 Å². The van der Waals surface area contributed by atoms with Gasteiger partial charge < -0.3 is 4.74 Å². The van der Waals surface area contributed by atoms with E-state index >= 15 is 0 Å². The van der Waals surface area contributed by atoms with Gasteiger partial charge in [-0.3, -0.25) is 0 Å². The second kappa shape index (κ2) is 6.97. The third-order valence-corrected chi connectivity index (χ3v) is 5.01. The fourth-order valence-corrected chi connectivity index (χ4v) is 2.90. The summed E-state index contributed by atoms with van der Waals surface area (Å²) in [6.07, 6.45) is 1.12. The molecule has 0 spiro atoms. The van der Waals surface area contributed by atoms with Crippen LogP contribution in [-0.2, 0) is 10.7 Å². The molecule has 2 rings (SSSR count). The van der Waals surface area contributed by atoms with E-state index < -0.39 is 0 Å². The Balaban J connectivity index is 2.21. The van der Waals surface area contributed by atoms with E-state index in [-0.39, 0.29) is 5.41 Å². The molecule has 0 amide bonds. The van der Waals surface area contributed by atoms with Gasteiger partial charge in [0.15, 0.2) is 0 Å². The summed E-state index contributed by atoms with van der Waals surface area (Å²) in [7, 11) is 0. The molecular formula is C18H20Br2O. The summed E-state index contributed by atoms with van der Waals surface area (Å²) in [6.45, 7) is 6.75. The van der Waals surface area contributed by atoms with Crippen LogP contribution in [-0.4, -0.2) is 0 Å². The molecule has 2 aromatic carbocycles. The Bertz CT molecular complexity index is 603. The lowest BCUT2D eigenvalue weighted by atomic mass is 9.82. The van der Waals surface area contributed by atoms with Crippen molar-refractivity contribution in [2.75, 3.05) is 0 Å². The zero-order valence-corrected chi connectivity index (χ0v) is 15.8. The van der Waals surface area contributed by atoms with Crippen LogP contribution >= 0.6 is 31.9 Å². The molecule has 0 N–H and O–H groups in total. The van der Waals surface area contributed by atoms with Crippen LogP contribution in [0.1, 0.15) is 38.3 Å². The van der Waals surface area contributed by atoms with Crippen LogP contribution in [0.4, 0.5) is 0 Å². The summed E-state index contributed by atoms with van der Waals surface area (Å²) < 4.78 is 7.07. The third-order valence-electron chi connectivity index (χ3n) is 3.91. The average Bonchev–Trinajstić information content (AvgIpc) is 2.49. The fraction of sp³-hybridized carbons (Fsp3) is 0.333. The third kappa shape index (κ3) is 4.10. The minimum atomic E-state index is 0.206. The minimum absolute atomic E-state index is 0.206. The molecule has 0 atom stereocenters. The highest BCUT2D eigenvalue weighted by Gasteiger charge is 2.17. The number of ether oxygens (including phenoxy) is 1. The molecule has 21 heavy (non-hydrogen) atoms. The molecule has 112 valence electrons. The molecule has 0 saturated heterocycles. The zero-order chi connectivity index (χ0) is 15.5. The van der Waals surface area contributed by atoms with Crippen LogP contribution in [0.15, 0.2) is 46.9 Å². The minimum Gasteiger partial charge on any atom is -0.457 e. The SMILES string of the molecule is CCC(C)(C)c1ccc(Oc2ccc(Br)cc2CBr)cc1. The standard InChI is InChI=1S/C18H20Br2O/c1-4-18(2,3)14-5-8-16(9-6-14)21-17-10-7-15(20)11-13(17)12-19/h5-11H,4,12H2,1-3H3. The average molecular weight is 412 g/mol. The van der Waals surface area contributed by atoms with Gasteiger partial charge >= 0.3 is 0 Å². The summed E-state index contributed by atoms with van der Waals surface area (Å²) in [6, 6.07) is 14.5. The van der Waals surface area contributed by atoms with Gasteiger partial charge in [0, 0.05) is 15.4 Å². The van der Waals surface area contributed by atoms with Crippen LogP contribution in [0.2, 0.25) is 0 Å². The Kier molecular flexibility index (Phi) is 5.50. The van der Waals surface area contributed by atoms with Crippen LogP contribution < -0.4 is 4.74 Å². The van der Waals surface area contributed by atoms with Crippen molar-refractivity contribution in [3.8, 4) is 11.5 Å². The molecule has 0 aromatic heterocycles. The maximum atomic E-state index is 6.01. The van der Waals surface area contributed by atoms with Crippen molar-refractivity contribution >= 4 is 31.9 Å². The topological polar surface area (TPSA) is 9.23 Å². The van der Waals surface area contributed by atoms with E-state index in [4.69, 9.17) is 4.74 Å². The van der Waals surface area contributed by atoms with E-state index in [1.165, 1.54) is 5.56 Å². The van der Waals surface area contributed by atoms with Gasteiger partial charge in [-0.25, -0.2) is 0 Å². The summed E-state index contributed by atoms with van der Waals surface area (Å²) in [4.78, 5) is 0. The van der Waals surface area contributed by atoms with Gasteiger partial charge in [-0.15, -0.1) is 0 Å². The Morgan fingerprint density at radius 3 is 2.29 bits per heavy atom. The van der Waals surface area contributed by atoms with Crippen molar-refractivity contribution in [3.63, 3.8) is 0 Å². The van der Waals surface area contributed by atoms with E-state index in [2.05, 4.69) is 70.8 Å². The zero-order valence-electron chi connectivity index (χ0n) is 12.6. The Hall–Kier alpha value is -0.800. The predicted octanol–water partition coefficient (Wildman–Crippen LogP) is 6.82. The number of halogens is 2. The number of alkyl halides is 1. The van der Waals surface area contributed by atoms with Crippen molar-refractivity contribution in [2.24, 2.45) is 0 Å². The Labute approximate surface area is 144 Å². The maximum absolute atomic E-state index is 6.01. The molecular weight excluding hydrogens is 392 g/mol. The lowest BCUT2D eigenvalue weighted by Gasteiger charge is -2.23. The van der Waals surface area contributed by atoms with E-state index in [1.54, 1.807) is 0 Å². The monoisotopic (exact) mass is 410 g/mol. The first-order valence-corrected chi connectivity index (χ1v) is 9.00.